The van der Waals surface area contributed by atoms with E-state index in [-0.39, 0.29) is 17.6 Å². The quantitative estimate of drug-likeness (QED) is 0.867. The van der Waals surface area contributed by atoms with E-state index in [1.807, 2.05) is 46.6 Å². The molecule has 0 amide bonds. The minimum atomic E-state index is -0.295. The maximum absolute atomic E-state index is 9.27. The molecular weight excluding hydrogens is 218 g/mol. The third kappa shape index (κ3) is 3.51. The summed E-state index contributed by atoms with van der Waals surface area (Å²) in [5, 5.41) is 17.3. The van der Waals surface area contributed by atoms with Gasteiger partial charge in [-0.1, -0.05) is 20.8 Å². The Morgan fingerprint density at radius 3 is 2.18 bits per heavy atom. The average molecular weight is 241 g/mol. The van der Waals surface area contributed by atoms with Crippen LogP contribution < -0.4 is 0 Å². The van der Waals surface area contributed by atoms with Crippen molar-refractivity contribution < 1.29 is 9.52 Å². The van der Waals surface area contributed by atoms with Gasteiger partial charge in [0.25, 0.3) is 0 Å². The highest BCUT2D eigenvalue weighted by Crippen LogP contribution is 2.21. The molecule has 5 nitrogen and oxygen atoms in total. The van der Waals surface area contributed by atoms with Crippen LogP contribution in [0.25, 0.3) is 0 Å². The van der Waals surface area contributed by atoms with Gasteiger partial charge < -0.3 is 9.52 Å². The standard InChI is InChI=1S/C12H23N3O2/c1-11(2,3)10-14-13-9(17-10)7-15(6)12(4,5)8-16/h16H,7-8H2,1-6H3. The van der Waals surface area contributed by atoms with E-state index in [9.17, 15) is 5.11 Å². The summed E-state index contributed by atoms with van der Waals surface area (Å²) in [5.74, 6) is 1.22. The minimum Gasteiger partial charge on any atom is -0.423 e. The molecule has 0 radical (unpaired) electrons. The number of aromatic nitrogens is 2. The summed E-state index contributed by atoms with van der Waals surface area (Å²) in [6, 6.07) is 0. The van der Waals surface area contributed by atoms with E-state index in [0.29, 0.717) is 18.3 Å². The van der Waals surface area contributed by atoms with Crippen molar-refractivity contribution in [2.75, 3.05) is 13.7 Å². The molecule has 1 N–H and O–H groups in total. The van der Waals surface area contributed by atoms with Crippen LogP contribution in [0.1, 0.15) is 46.4 Å². The van der Waals surface area contributed by atoms with Crippen LogP contribution in [-0.2, 0) is 12.0 Å². The fourth-order valence-corrected chi connectivity index (χ4v) is 1.16. The topological polar surface area (TPSA) is 62.4 Å². The van der Waals surface area contributed by atoms with Gasteiger partial charge in [-0.3, -0.25) is 4.90 Å². The van der Waals surface area contributed by atoms with Crippen molar-refractivity contribution in [2.45, 2.75) is 52.1 Å². The first-order valence-corrected chi connectivity index (χ1v) is 5.82. The van der Waals surface area contributed by atoms with Crippen LogP contribution in [0.15, 0.2) is 4.42 Å². The molecule has 1 aromatic heterocycles. The molecule has 0 bridgehead atoms. The zero-order valence-electron chi connectivity index (χ0n) is 11.6. The van der Waals surface area contributed by atoms with Crippen molar-refractivity contribution in [1.82, 2.24) is 15.1 Å². The molecule has 0 unspecified atom stereocenters. The molecule has 98 valence electrons. The zero-order chi connectivity index (χ0) is 13.3. The van der Waals surface area contributed by atoms with E-state index in [4.69, 9.17) is 4.42 Å². The summed E-state index contributed by atoms with van der Waals surface area (Å²) in [5.41, 5.74) is -0.424. The Hall–Kier alpha value is -0.940. The number of aliphatic hydroxyl groups is 1. The molecule has 0 saturated carbocycles. The fraction of sp³-hybridized carbons (Fsp3) is 0.833. The molecule has 1 aromatic rings. The normalized spacial score (nSPS) is 13.4. The summed E-state index contributed by atoms with van der Waals surface area (Å²) < 4.78 is 5.61. The zero-order valence-corrected chi connectivity index (χ0v) is 11.6. The average Bonchev–Trinajstić information content (AvgIpc) is 2.65. The molecule has 1 rings (SSSR count). The lowest BCUT2D eigenvalue weighted by molar-refractivity contribution is 0.0662. The number of aliphatic hydroxyl groups excluding tert-OH is 1. The van der Waals surface area contributed by atoms with Crippen LogP contribution >= 0.6 is 0 Å². The highest BCUT2D eigenvalue weighted by Gasteiger charge is 2.26. The Bertz CT molecular complexity index is 366. The van der Waals surface area contributed by atoms with E-state index in [2.05, 4.69) is 10.2 Å². The molecule has 0 aliphatic rings. The fourth-order valence-electron chi connectivity index (χ4n) is 1.16. The van der Waals surface area contributed by atoms with Gasteiger partial charge in [0.1, 0.15) is 0 Å². The molecular formula is C12H23N3O2. The van der Waals surface area contributed by atoms with E-state index in [1.165, 1.54) is 0 Å². The Balaban J connectivity index is 2.74. The second-order valence-corrected chi connectivity index (χ2v) is 6.08. The number of hydrogen-bond acceptors (Lipinski definition) is 5. The highest BCUT2D eigenvalue weighted by molar-refractivity contribution is 4.96. The number of nitrogens with zero attached hydrogens (tertiary/aromatic N) is 3. The molecule has 0 fully saturated rings. The van der Waals surface area contributed by atoms with Gasteiger partial charge in [0.2, 0.25) is 11.8 Å². The second-order valence-electron chi connectivity index (χ2n) is 6.08. The van der Waals surface area contributed by atoms with E-state index < -0.39 is 0 Å². The molecule has 5 heteroatoms. The van der Waals surface area contributed by atoms with Crippen LogP contribution in [0, 0.1) is 0 Å². The lowest BCUT2D eigenvalue weighted by Gasteiger charge is -2.32. The maximum Gasteiger partial charge on any atom is 0.230 e. The predicted molar refractivity (Wildman–Crippen MR) is 65.6 cm³/mol. The third-order valence-electron chi connectivity index (χ3n) is 2.90. The molecule has 0 aliphatic carbocycles. The Morgan fingerprint density at radius 2 is 1.76 bits per heavy atom. The first-order valence-electron chi connectivity index (χ1n) is 5.82. The van der Waals surface area contributed by atoms with Gasteiger partial charge >= 0.3 is 0 Å². The van der Waals surface area contributed by atoms with Gasteiger partial charge in [-0.15, -0.1) is 10.2 Å². The van der Waals surface area contributed by atoms with Crippen LogP contribution in [0.3, 0.4) is 0 Å². The highest BCUT2D eigenvalue weighted by atomic mass is 16.4. The molecule has 0 spiro atoms. The largest absolute Gasteiger partial charge is 0.423 e. The van der Waals surface area contributed by atoms with Crippen molar-refractivity contribution in [3.63, 3.8) is 0 Å². The second kappa shape index (κ2) is 4.74. The van der Waals surface area contributed by atoms with Crippen molar-refractivity contribution in [1.29, 1.82) is 0 Å². The Labute approximate surface area is 103 Å². The molecule has 1 heterocycles. The van der Waals surface area contributed by atoms with Gasteiger partial charge in [-0.05, 0) is 20.9 Å². The Kier molecular flexibility index (Phi) is 3.94. The summed E-state index contributed by atoms with van der Waals surface area (Å²) in [6.45, 7) is 10.7. The van der Waals surface area contributed by atoms with Crippen molar-refractivity contribution >= 4 is 0 Å². The number of hydrogen-bond donors (Lipinski definition) is 1. The van der Waals surface area contributed by atoms with E-state index in [1.54, 1.807) is 0 Å². The maximum atomic E-state index is 9.27. The van der Waals surface area contributed by atoms with Crippen LogP contribution in [-0.4, -0.2) is 39.4 Å². The van der Waals surface area contributed by atoms with Crippen LogP contribution in [0.5, 0.6) is 0 Å². The lowest BCUT2D eigenvalue weighted by atomic mass is 9.97. The van der Waals surface area contributed by atoms with Crippen molar-refractivity contribution in [3.8, 4) is 0 Å². The van der Waals surface area contributed by atoms with Gasteiger partial charge in [-0.25, -0.2) is 0 Å². The predicted octanol–water partition coefficient (Wildman–Crippen LogP) is 1.57. The SMILES string of the molecule is CN(Cc1nnc(C(C)(C)C)o1)C(C)(C)CO. The van der Waals surface area contributed by atoms with Gasteiger partial charge in [0, 0.05) is 11.0 Å². The minimum absolute atomic E-state index is 0.0871. The van der Waals surface area contributed by atoms with Crippen LogP contribution in [0.2, 0.25) is 0 Å². The molecule has 0 aliphatic heterocycles. The monoisotopic (exact) mass is 241 g/mol. The molecule has 17 heavy (non-hydrogen) atoms. The van der Waals surface area contributed by atoms with Crippen LogP contribution in [0.4, 0.5) is 0 Å². The summed E-state index contributed by atoms with van der Waals surface area (Å²) in [4.78, 5) is 1.99. The van der Waals surface area contributed by atoms with Gasteiger partial charge in [0.15, 0.2) is 0 Å². The summed E-state index contributed by atoms with van der Waals surface area (Å²) >= 11 is 0. The Morgan fingerprint density at radius 1 is 1.18 bits per heavy atom. The smallest absolute Gasteiger partial charge is 0.230 e. The van der Waals surface area contributed by atoms with E-state index in [0.717, 1.165) is 0 Å². The molecule has 0 atom stereocenters. The first kappa shape index (κ1) is 14.1. The summed E-state index contributed by atoms with van der Waals surface area (Å²) in [6.07, 6.45) is 0. The molecule has 0 aromatic carbocycles. The number of likely N-dealkylation sites (N-methyl/N-ethyl adjacent to an activating group) is 1. The van der Waals surface area contributed by atoms with Crippen molar-refractivity contribution in [2.24, 2.45) is 0 Å². The first-order chi connectivity index (χ1) is 7.66. The van der Waals surface area contributed by atoms with E-state index >= 15 is 0 Å². The molecule has 0 saturated heterocycles. The number of rotatable bonds is 4. The third-order valence-corrected chi connectivity index (χ3v) is 2.90. The van der Waals surface area contributed by atoms with Gasteiger partial charge in [0.05, 0.1) is 13.2 Å². The lowest BCUT2D eigenvalue weighted by Crippen LogP contribution is -2.43. The summed E-state index contributed by atoms with van der Waals surface area (Å²) in [7, 11) is 1.93. The van der Waals surface area contributed by atoms with Crippen molar-refractivity contribution in [3.05, 3.63) is 11.8 Å². The van der Waals surface area contributed by atoms with Gasteiger partial charge in [-0.2, -0.15) is 0 Å².